The Kier molecular flexibility index (Phi) is 9.53. The topological polar surface area (TPSA) is 178 Å². The summed E-state index contributed by atoms with van der Waals surface area (Å²) in [6.45, 7) is 7.63. The summed E-state index contributed by atoms with van der Waals surface area (Å²) in [6.07, 6.45) is 9.41. The number of H-pyrrole nitrogens is 1. The second kappa shape index (κ2) is 15.5. The number of rotatable bonds is 11. The normalized spacial score (nSPS) is 15.8. The Morgan fingerprint density at radius 2 is 1.38 bits per heavy atom. The molecule has 60 heavy (non-hydrogen) atoms. The minimum absolute atomic E-state index is 0.258. The maximum absolute atomic E-state index is 13.8. The van der Waals surface area contributed by atoms with Crippen molar-refractivity contribution in [2.45, 2.75) is 6.17 Å². The number of carbonyl (C=O) groups is 1. The highest BCUT2D eigenvalue weighted by molar-refractivity contribution is 5.84. The van der Waals surface area contributed by atoms with Crippen molar-refractivity contribution in [3.8, 4) is 22.5 Å². The van der Waals surface area contributed by atoms with Crippen LogP contribution < -0.4 is 25.8 Å². The number of hydrogen-bond acceptors (Lipinski definition) is 13. The third kappa shape index (κ3) is 7.11. The van der Waals surface area contributed by atoms with Gasteiger partial charge in [-0.3, -0.25) is 14.8 Å². The lowest BCUT2D eigenvalue weighted by Crippen LogP contribution is -2.44. The molecule has 10 rings (SSSR count). The first-order chi connectivity index (χ1) is 29.3. The Morgan fingerprint density at radius 1 is 0.733 bits per heavy atom. The summed E-state index contributed by atoms with van der Waals surface area (Å²) in [5.74, 6) is 0.0540. The molecule has 0 radical (unpaired) electrons. The highest BCUT2D eigenvalue weighted by Crippen LogP contribution is 2.35. The quantitative estimate of drug-likeness (QED) is 0.171. The van der Waals surface area contributed by atoms with Crippen molar-refractivity contribution in [3.05, 3.63) is 110 Å². The summed E-state index contributed by atoms with van der Waals surface area (Å²) in [4.78, 5) is 34.4. The van der Waals surface area contributed by atoms with Crippen LogP contribution in [0.3, 0.4) is 0 Å². The van der Waals surface area contributed by atoms with Gasteiger partial charge in [-0.25, -0.2) is 23.7 Å². The first-order valence-corrected chi connectivity index (χ1v) is 20.0. The van der Waals surface area contributed by atoms with Gasteiger partial charge < -0.3 is 30.7 Å². The summed E-state index contributed by atoms with van der Waals surface area (Å²) in [7, 11) is 4.29. The average Bonchev–Trinajstić information content (AvgIpc) is 4.11. The highest BCUT2D eigenvalue weighted by Gasteiger charge is 2.32. The van der Waals surface area contributed by atoms with Gasteiger partial charge in [-0.1, -0.05) is 12.1 Å². The molecule has 0 bridgehead atoms. The Labute approximate surface area is 345 Å². The smallest absolute Gasteiger partial charge is 0.263 e. The van der Waals surface area contributed by atoms with E-state index in [0.717, 1.165) is 103 Å². The van der Waals surface area contributed by atoms with Gasteiger partial charge in [0.15, 0.2) is 0 Å². The van der Waals surface area contributed by atoms with Crippen LogP contribution in [0.1, 0.15) is 6.17 Å². The van der Waals surface area contributed by atoms with Crippen LogP contribution in [0.5, 0.6) is 0 Å². The van der Waals surface area contributed by atoms with Gasteiger partial charge in [0.05, 0.1) is 47.2 Å². The van der Waals surface area contributed by atoms with Crippen LogP contribution >= 0.6 is 0 Å². The van der Waals surface area contributed by atoms with E-state index in [0.29, 0.717) is 11.6 Å². The number of nitrogens with zero attached hydrogens (tertiary/aromatic N) is 14. The predicted molar refractivity (Wildman–Crippen MR) is 231 cm³/mol. The second-order valence-electron chi connectivity index (χ2n) is 15.4. The van der Waals surface area contributed by atoms with Crippen molar-refractivity contribution in [1.29, 1.82) is 0 Å². The number of nitrogens with two attached hydrogens (primary N) is 1. The maximum Gasteiger partial charge on any atom is 0.263 e. The Balaban J connectivity index is 1.00. The van der Waals surface area contributed by atoms with Crippen molar-refractivity contribution in [3.63, 3.8) is 0 Å². The molecule has 6 aromatic heterocycles. The zero-order valence-corrected chi connectivity index (χ0v) is 33.4. The summed E-state index contributed by atoms with van der Waals surface area (Å²) < 4.78 is 5.17. The van der Waals surface area contributed by atoms with Gasteiger partial charge in [0, 0.05) is 98.6 Å². The van der Waals surface area contributed by atoms with Gasteiger partial charge in [0.2, 0.25) is 18.1 Å². The minimum Gasteiger partial charge on any atom is -0.369 e. The van der Waals surface area contributed by atoms with Crippen molar-refractivity contribution in [2.24, 2.45) is 5.73 Å². The van der Waals surface area contributed by atoms with Crippen molar-refractivity contribution >= 4 is 51.6 Å². The fraction of sp³-hybridized carbons (Fsp3) is 0.262. The van der Waals surface area contributed by atoms with Crippen LogP contribution in [-0.4, -0.2) is 131 Å². The fourth-order valence-corrected chi connectivity index (χ4v) is 8.01. The first kappa shape index (κ1) is 37.0. The van der Waals surface area contributed by atoms with E-state index in [9.17, 15) is 4.79 Å². The van der Waals surface area contributed by atoms with Crippen LogP contribution in [-0.2, 0) is 4.79 Å². The molecule has 2 aliphatic heterocycles. The summed E-state index contributed by atoms with van der Waals surface area (Å²) in [5.41, 5.74) is 14.8. The van der Waals surface area contributed by atoms with Gasteiger partial charge in [-0.2, -0.15) is 10.2 Å². The summed E-state index contributed by atoms with van der Waals surface area (Å²) in [5, 5.41) is 25.1. The Bertz CT molecular complexity index is 2770. The molecule has 0 saturated carbocycles. The molecule has 1 atom stereocenters. The number of fused-ring (bicyclic) bond motifs is 2. The highest BCUT2D eigenvalue weighted by atomic mass is 16.2. The molecule has 0 aliphatic carbocycles. The Hall–Kier alpha value is -7.31. The van der Waals surface area contributed by atoms with Gasteiger partial charge in [0.25, 0.3) is 5.91 Å². The minimum atomic E-state index is -1.16. The lowest BCUT2D eigenvalue weighted by molar-refractivity contribution is -0.121. The van der Waals surface area contributed by atoms with Crippen molar-refractivity contribution in [1.82, 2.24) is 59.0 Å². The van der Waals surface area contributed by atoms with E-state index in [1.165, 1.54) is 0 Å². The third-order valence-electron chi connectivity index (χ3n) is 11.4. The number of aromatic amines is 1. The molecule has 0 spiro atoms. The lowest BCUT2D eigenvalue weighted by Gasteiger charge is -2.35. The van der Waals surface area contributed by atoms with Crippen molar-refractivity contribution in [2.75, 3.05) is 86.5 Å². The zero-order valence-electron chi connectivity index (χ0n) is 33.4. The second-order valence-corrected chi connectivity index (χ2v) is 15.4. The number of nitrogens with one attached hydrogen (secondary N) is 2. The SMILES string of the molecule is CN1CCN(c2cccc(Nc3ncc4ccc(-c5cnn(C(C(N)=O)N(c6cccc(N7CCN(C)CC7)c6)c6ncc7ccc(-c8cn[nH]c8)n7n6)c5)n4n3)c2)CC1. The molecule has 4 N–H and O–H groups in total. The molecule has 18 nitrogen and oxygen atoms in total. The molecule has 2 saturated heterocycles. The molecule has 1 unspecified atom stereocenters. The molecule has 1 amide bonds. The first-order valence-electron chi connectivity index (χ1n) is 20.0. The number of hydrogen-bond donors (Lipinski definition) is 3. The van der Waals surface area contributed by atoms with E-state index in [1.54, 1.807) is 51.3 Å². The summed E-state index contributed by atoms with van der Waals surface area (Å²) >= 11 is 0. The number of anilines is 6. The molecule has 2 aromatic carbocycles. The van der Waals surface area contributed by atoms with E-state index in [1.807, 2.05) is 53.0 Å². The largest absolute Gasteiger partial charge is 0.369 e. The average molecular weight is 804 g/mol. The molecule has 8 heterocycles. The van der Waals surface area contributed by atoms with E-state index < -0.39 is 12.1 Å². The van der Waals surface area contributed by atoms with E-state index in [-0.39, 0.29) is 5.95 Å². The molecule has 18 heteroatoms. The number of benzene rings is 2. The predicted octanol–water partition coefficient (Wildman–Crippen LogP) is 4.10. The molecule has 2 fully saturated rings. The number of piperazine rings is 2. The molecule has 2 aliphatic rings. The van der Waals surface area contributed by atoms with Gasteiger partial charge in [-0.05, 0) is 74.8 Å². The number of amides is 1. The lowest BCUT2D eigenvalue weighted by atomic mass is 10.2. The molecular formula is C42H45N17O. The monoisotopic (exact) mass is 803 g/mol. The van der Waals surface area contributed by atoms with Gasteiger partial charge in [-0.15, -0.1) is 10.2 Å². The number of likely N-dealkylation sites (N-methyl/N-ethyl adjacent to an activating group) is 2. The zero-order chi connectivity index (χ0) is 40.7. The maximum atomic E-state index is 13.8. The van der Waals surface area contributed by atoms with E-state index >= 15 is 0 Å². The number of aromatic nitrogens is 10. The standard InChI is InChI=1S/C42H45N17O/c1-52-13-17-54(18-14-52)32-6-3-5-31(21-32)49-41-44-26-35-10-12-38(58(35)50-41)30-25-48-56(28-30)40(39(43)60)57(34-8-4-7-33(22-34)55-19-15-53(2)16-20-55)42-45-27-36-9-11-37(59(36)51-42)29-23-46-47-24-29/h3-12,21-28,40H,13-20H2,1-2H3,(H2,43,60)(H,46,47)(H,49,50). The Morgan fingerprint density at radius 3 is 2.07 bits per heavy atom. The number of carbonyl (C=O) groups excluding carboxylic acids is 1. The van der Waals surface area contributed by atoms with E-state index in [2.05, 4.69) is 78.5 Å². The number of primary amides is 1. The fourth-order valence-electron chi connectivity index (χ4n) is 8.01. The van der Waals surface area contributed by atoms with Crippen LogP contribution in [0.15, 0.2) is 110 Å². The van der Waals surface area contributed by atoms with Crippen LogP contribution in [0.25, 0.3) is 33.5 Å². The van der Waals surface area contributed by atoms with Crippen molar-refractivity contribution < 1.29 is 4.79 Å². The summed E-state index contributed by atoms with van der Waals surface area (Å²) in [6, 6.07) is 24.2. The molecule has 8 aromatic rings. The van der Waals surface area contributed by atoms with Crippen LogP contribution in [0, 0.1) is 0 Å². The molecule has 304 valence electrons. The van der Waals surface area contributed by atoms with Crippen LogP contribution in [0.2, 0.25) is 0 Å². The van der Waals surface area contributed by atoms with Gasteiger partial charge >= 0.3 is 0 Å². The van der Waals surface area contributed by atoms with Gasteiger partial charge in [0.1, 0.15) is 0 Å². The third-order valence-corrected chi connectivity index (χ3v) is 11.4. The van der Waals surface area contributed by atoms with E-state index in [4.69, 9.17) is 26.0 Å². The molecular weight excluding hydrogens is 759 g/mol. The van der Waals surface area contributed by atoms with Crippen LogP contribution in [0.4, 0.5) is 34.6 Å².